The van der Waals surface area contributed by atoms with Gasteiger partial charge in [-0.25, -0.2) is 9.97 Å². The second kappa shape index (κ2) is 14.3. The van der Waals surface area contributed by atoms with Crippen LogP contribution in [0.15, 0.2) is 84.0 Å². The zero-order valence-electron chi connectivity index (χ0n) is 24.7. The molecule has 2 aliphatic heterocycles. The maximum atomic E-state index is 12.9. The smallest absolute Gasteiger partial charge is 0.251 e. The number of aryl methyl sites for hydroxylation is 1. The summed E-state index contributed by atoms with van der Waals surface area (Å²) in [6.45, 7) is 6.73. The number of anilines is 1. The van der Waals surface area contributed by atoms with E-state index in [1.165, 1.54) is 22.9 Å². The Hall–Kier alpha value is -3.79. The highest BCUT2D eigenvalue weighted by Crippen LogP contribution is 2.33. The number of hydrogen-bond acceptors (Lipinski definition) is 8. The molecule has 0 aliphatic carbocycles. The van der Waals surface area contributed by atoms with Crippen LogP contribution in [0.5, 0.6) is 11.5 Å². The van der Waals surface area contributed by atoms with E-state index in [-0.39, 0.29) is 18.7 Å². The Morgan fingerprint density at radius 1 is 0.909 bits per heavy atom. The van der Waals surface area contributed by atoms with Crippen LogP contribution >= 0.6 is 23.4 Å². The molecule has 1 N–H and O–H groups in total. The van der Waals surface area contributed by atoms with Crippen molar-refractivity contribution < 1.29 is 14.3 Å². The number of carbonyl (C=O) groups is 1. The molecule has 2 aliphatic rings. The number of carbonyl (C=O) groups excluding carboxylic acids is 1. The Morgan fingerprint density at radius 3 is 2.55 bits per heavy atom. The van der Waals surface area contributed by atoms with Gasteiger partial charge in [0.05, 0.1) is 0 Å². The highest BCUT2D eigenvalue weighted by molar-refractivity contribution is 7.98. The summed E-state index contributed by atoms with van der Waals surface area (Å²) >= 11 is 7.96. The molecule has 1 atom stereocenters. The number of amides is 1. The summed E-state index contributed by atoms with van der Waals surface area (Å²) in [6.07, 6.45) is 1.81. The van der Waals surface area contributed by atoms with Gasteiger partial charge in [-0.1, -0.05) is 71.9 Å². The Labute approximate surface area is 267 Å². The van der Waals surface area contributed by atoms with E-state index in [1.807, 2.05) is 61.5 Å². The van der Waals surface area contributed by atoms with E-state index >= 15 is 0 Å². The summed E-state index contributed by atoms with van der Waals surface area (Å²) in [5.41, 5.74) is 4.17. The van der Waals surface area contributed by atoms with Crippen LogP contribution in [0.2, 0.25) is 5.15 Å². The molecule has 1 saturated heterocycles. The highest BCUT2D eigenvalue weighted by Gasteiger charge is 2.21. The lowest BCUT2D eigenvalue weighted by molar-refractivity contribution is 0.0938. The van der Waals surface area contributed by atoms with E-state index in [0.717, 1.165) is 68.4 Å². The molecule has 6 rings (SSSR count). The molecule has 3 heterocycles. The molecule has 8 nitrogen and oxygen atoms in total. The van der Waals surface area contributed by atoms with Gasteiger partial charge in [-0.3, -0.25) is 9.69 Å². The topological polar surface area (TPSA) is 79.8 Å². The number of benzene rings is 3. The predicted octanol–water partition coefficient (Wildman–Crippen LogP) is 6.22. The average Bonchev–Trinajstić information content (AvgIpc) is 3.52. The van der Waals surface area contributed by atoms with Crippen molar-refractivity contribution in [1.29, 1.82) is 0 Å². The molecule has 0 saturated carbocycles. The van der Waals surface area contributed by atoms with Crippen molar-refractivity contribution in [3.8, 4) is 11.5 Å². The van der Waals surface area contributed by atoms with Crippen molar-refractivity contribution in [1.82, 2.24) is 20.2 Å². The fourth-order valence-electron chi connectivity index (χ4n) is 5.40. The third-order valence-electron chi connectivity index (χ3n) is 7.84. The molecule has 1 aromatic heterocycles. The van der Waals surface area contributed by atoms with Crippen molar-refractivity contribution in [2.45, 2.75) is 43.3 Å². The van der Waals surface area contributed by atoms with Crippen LogP contribution in [0, 0.1) is 0 Å². The summed E-state index contributed by atoms with van der Waals surface area (Å²) in [5.74, 6) is 3.05. The number of aromatic nitrogens is 2. The number of fused-ring (bicyclic) bond motifs is 1. The van der Waals surface area contributed by atoms with Gasteiger partial charge in [0.25, 0.3) is 5.91 Å². The summed E-state index contributed by atoms with van der Waals surface area (Å²) in [5, 5.41) is 4.19. The minimum absolute atomic E-state index is 0.0589. The van der Waals surface area contributed by atoms with Gasteiger partial charge in [0.2, 0.25) is 6.79 Å². The minimum atomic E-state index is -0.0589. The first-order chi connectivity index (χ1) is 21.5. The van der Waals surface area contributed by atoms with Crippen molar-refractivity contribution in [3.63, 3.8) is 0 Å². The Morgan fingerprint density at radius 2 is 1.70 bits per heavy atom. The molecule has 0 radical (unpaired) electrons. The second-order valence-corrected chi connectivity index (χ2v) is 12.5. The fraction of sp³-hybridized carbons (Fsp3) is 0.324. The van der Waals surface area contributed by atoms with E-state index in [0.29, 0.717) is 21.6 Å². The monoisotopic (exact) mass is 629 g/mol. The third kappa shape index (κ3) is 8.02. The van der Waals surface area contributed by atoms with Gasteiger partial charge in [-0.15, -0.1) is 0 Å². The fourth-order valence-corrected chi connectivity index (χ4v) is 6.43. The normalized spacial score (nSPS) is 15.3. The van der Waals surface area contributed by atoms with Crippen LogP contribution < -0.4 is 19.7 Å². The molecule has 0 spiro atoms. The van der Waals surface area contributed by atoms with Crippen LogP contribution in [0.1, 0.15) is 40.4 Å². The molecule has 1 unspecified atom stereocenters. The molecule has 4 aromatic rings. The van der Waals surface area contributed by atoms with Crippen LogP contribution in [-0.2, 0) is 18.7 Å². The van der Waals surface area contributed by atoms with E-state index < -0.39 is 0 Å². The number of ether oxygens (including phenoxy) is 2. The maximum Gasteiger partial charge on any atom is 0.251 e. The SMILES string of the molecule is CC(CCc1ccccc1)NC(=O)c1cccc(CSc2nc(Cl)cc(N3CCN(Cc4ccc5c(c4)OCO5)CC3)n2)c1. The summed E-state index contributed by atoms with van der Waals surface area (Å²) in [4.78, 5) is 26.9. The Kier molecular flexibility index (Phi) is 9.85. The van der Waals surface area contributed by atoms with Gasteiger partial charge in [-0.05, 0) is 60.7 Å². The van der Waals surface area contributed by atoms with Crippen LogP contribution in [0.4, 0.5) is 5.82 Å². The molecular weight excluding hydrogens is 594 g/mol. The third-order valence-corrected chi connectivity index (χ3v) is 8.96. The molecule has 10 heteroatoms. The standard InChI is InChI=1S/C34H36ClN5O3S/c1-24(10-11-25-6-3-2-4-7-25)36-33(41)28-9-5-8-27(18-28)22-44-34-37-31(35)20-32(38-34)40-16-14-39(15-17-40)21-26-12-13-29-30(19-26)43-23-42-29/h2-9,12-13,18-20,24H,10-11,14-17,21-23H2,1H3,(H,36,41). The lowest BCUT2D eigenvalue weighted by atomic mass is 10.1. The molecule has 0 bridgehead atoms. The first kappa shape index (κ1) is 30.2. The van der Waals surface area contributed by atoms with Gasteiger partial charge in [0.15, 0.2) is 16.7 Å². The van der Waals surface area contributed by atoms with Gasteiger partial charge in [-0.2, -0.15) is 0 Å². The maximum absolute atomic E-state index is 12.9. The van der Waals surface area contributed by atoms with E-state index in [1.54, 1.807) is 0 Å². The number of nitrogens with one attached hydrogen (secondary N) is 1. The van der Waals surface area contributed by atoms with Gasteiger partial charge in [0.1, 0.15) is 11.0 Å². The van der Waals surface area contributed by atoms with Gasteiger partial charge < -0.3 is 19.7 Å². The number of hydrogen-bond donors (Lipinski definition) is 1. The van der Waals surface area contributed by atoms with E-state index in [2.05, 4.69) is 44.4 Å². The van der Waals surface area contributed by atoms with Crippen molar-refractivity contribution in [3.05, 3.63) is 106 Å². The molecule has 1 fully saturated rings. The first-order valence-corrected chi connectivity index (χ1v) is 16.3. The number of nitrogens with zero attached hydrogens (tertiary/aromatic N) is 4. The Balaban J connectivity index is 0.998. The molecule has 228 valence electrons. The van der Waals surface area contributed by atoms with Crippen molar-refractivity contribution >= 4 is 35.1 Å². The summed E-state index contributed by atoms with van der Waals surface area (Å²) < 4.78 is 11.0. The lowest BCUT2D eigenvalue weighted by Crippen LogP contribution is -2.46. The van der Waals surface area contributed by atoms with Crippen molar-refractivity contribution in [2.75, 3.05) is 37.9 Å². The van der Waals surface area contributed by atoms with Crippen LogP contribution in [0.3, 0.4) is 0 Å². The van der Waals surface area contributed by atoms with Crippen LogP contribution in [-0.4, -0.2) is 59.8 Å². The first-order valence-electron chi connectivity index (χ1n) is 15.0. The molecule has 1 amide bonds. The van der Waals surface area contributed by atoms with Crippen molar-refractivity contribution in [2.24, 2.45) is 0 Å². The highest BCUT2D eigenvalue weighted by atomic mass is 35.5. The number of rotatable bonds is 11. The zero-order valence-corrected chi connectivity index (χ0v) is 26.3. The second-order valence-electron chi connectivity index (χ2n) is 11.2. The largest absolute Gasteiger partial charge is 0.454 e. The van der Waals surface area contributed by atoms with Crippen LogP contribution in [0.25, 0.3) is 0 Å². The van der Waals surface area contributed by atoms with E-state index in [4.69, 9.17) is 26.1 Å². The quantitative estimate of drug-likeness (QED) is 0.119. The summed E-state index contributed by atoms with van der Waals surface area (Å²) in [6, 6.07) is 26.1. The predicted molar refractivity (Wildman–Crippen MR) is 175 cm³/mol. The number of piperazine rings is 1. The molecular formula is C34H36ClN5O3S. The van der Waals surface area contributed by atoms with Gasteiger partial charge >= 0.3 is 0 Å². The van der Waals surface area contributed by atoms with E-state index in [9.17, 15) is 4.79 Å². The molecule has 44 heavy (non-hydrogen) atoms. The average molecular weight is 630 g/mol. The summed E-state index contributed by atoms with van der Waals surface area (Å²) in [7, 11) is 0. The zero-order chi connectivity index (χ0) is 30.3. The number of thioether (sulfide) groups is 1. The van der Waals surface area contributed by atoms with Gasteiger partial charge in [0, 0.05) is 56.1 Å². The Bertz CT molecular complexity index is 1580. The number of halogens is 1. The lowest BCUT2D eigenvalue weighted by Gasteiger charge is -2.35. The minimum Gasteiger partial charge on any atom is -0.454 e. The molecule has 3 aromatic carbocycles.